The Labute approximate surface area is 146 Å². The second-order valence-electron chi connectivity index (χ2n) is 6.24. The van der Waals surface area contributed by atoms with Gasteiger partial charge in [-0.05, 0) is 47.8 Å². The van der Waals surface area contributed by atoms with Crippen molar-refractivity contribution in [2.45, 2.75) is 36.8 Å². The summed E-state index contributed by atoms with van der Waals surface area (Å²) in [7, 11) is -3.41. The third kappa shape index (κ3) is 3.79. The Morgan fingerprint density at radius 2 is 1.87 bits per heavy atom. The molecule has 7 heteroatoms. The van der Waals surface area contributed by atoms with Crippen molar-refractivity contribution in [3.8, 4) is 0 Å². The van der Waals surface area contributed by atoms with Crippen LogP contribution < -0.4 is 0 Å². The Morgan fingerprint density at radius 3 is 2.52 bits per heavy atom. The minimum Gasteiger partial charge on any atom is -0.376 e. The number of benzene rings is 1. The molecule has 1 unspecified atom stereocenters. The zero-order valence-corrected chi connectivity index (χ0v) is 15.7. The van der Waals surface area contributed by atoms with E-state index < -0.39 is 10.0 Å². The van der Waals surface area contributed by atoms with Crippen molar-refractivity contribution < 1.29 is 13.2 Å². The molecule has 3 rings (SSSR count). The molecule has 0 radical (unpaired) electrons. The number of rotatable bonds is 3. The van der Waals surface area contributed by atoms with E-state index in [9.17, 15) is 8.42 Å². The first-order chi connectivity index (χ1) is 11.0. The summed E-state index contributed by atoms with van der Waals surface area (Å²) in [4.78, 5) is 2.81. The van der Waals surface area contributed by atoms with Crippen molar-refractivity contribution in [3.05, 3.63) is 28.7 Å². The van der Waals surface area contributed by atoms with Crippen LogP contribution >= 0.6 is 15.9 Å². The number of nitrogens with zero attached hydrogens (tertiary/aromatic N) is 2. The third-order valence-corrected chi connectivity index (χ3v) is 7.58. The third-order valence-electron chi connectivity index (χ3n) is 4.67. The smallest absolute Gasteiger partial charge is 0.244 e. The zero-order valence-electron chi connectivity index (χ0n) is 13.3. The average Bonchev–Trinajstić information content (AvgIpc) is 2.55. The van der Waals surface area contributed by atoms with Crippen molar-refractivity contribution in [1.29, 1.82) is 0 Å². The second kappa shape index (κ2) is 7.19. The zero-order chi connectivity index (χ0) is 16.4. The molecule has 23 heavy (non-hydrogen) atoms. The summed E-state index contributed by atoms with van der Waals surface area (Å²) in [5.74, 6) is 0. The maximum Gasteiger partial charge on any atom is 0.244 e. The number of hydrogen-bond acceptors (Lipinski definition) is 4. The molecule has 2 heterocycles. The summed E-state index contributed by atoms with van der Waals surface area (Å²) in [6.45, 7) is 5.93. The minimum absolute atomic E-state index is 0.269. The van der Waals surface area contributed by atoms with Gasteiger partial charge in [0.1, 0.15) is 0 Å². The fourth-order valence-electron chi connectivity index (χ4n) is 3.42. The topological polar surface area (TPSA) is 49.9 Å². The van der Waals surface area contributed by atoms with Crippen molar-refractivity contribution >= 4 is 26.0 Å². The van der Waals surface area contributed by atoms with Crippen molar-refractivity contribution in [2.75, 3.05) is 32.8 Å². The summed E-state index contributed by atoms with van der Waals surface area (Å²) in [6.07, 6.45) is 2.04. The average molecular weight is 403 g/mol. The van der Waals surface area contributed by atoms with Crippen LogP contribution in [0.25, 0.3) is 0 Å². The van der Waals surface area contributed by atoms with Gasteiger partial charge in [-0.3, -0.25) is 4.90 Å². The van der Waals surface area contributed by atoms with Crippen molar-refractivity contribution in [3.63, 3.8) is 0 Å². The van der Waals surface area contributed by atoms with E-state index in [1.54, 1.807) is 22.5 Å². The van der Waals surface area contributed by atoms with E-state index in [2.05, 4.69) is 27.8 Å². The van der Waals surface area contributed by atoms with Crippen LogP contribution in [0, 0.1) is 0 Å². The van der Waals surface area contributed by atoms with Gasteiger partial charge in [-0.25, -0.2) is 8.42 Å². The van der Waals surface area contributed by atoms with Crippen molar-refractivity contribution in [2.24, 2.45) is 0 Å². The molecule has 0 spiro atoms. The van der Waals surface area contributed by atoms with Gasteiger partial charge in [-0.1, -0.05) is 12.1 Å². The number of sulfonamides is 1. The largest absolute Gasteiger partial charge is 0.376 e. The molecule has 2 fully saturated rings. The van der Waals surface area contributed by atoms with Crippen molar-refractivity contribution in [1.82, 2.24) is 9.21 Å². The lowest BCUT2D eigenvalue weighted by atomic mass is 10.0. The van der Waals surface area contributed by atoms with Crippen LogP contribution in [0.1, 0.15) is 19.8 Å². The lowest BCUT2D eigenvalue weighted by Gasteiger charge is -2.41. The van der Waals surface area contributed by atoms with E-state index in [0.717, 1.165) is 32.5 Å². The van der Waals surface area contributed by atoms with Gasteiger partial charge < -0.3 is 4.74 Å². The van der Waals surface area contributed by atoms with E-state index in [4.69, 9.17) is 4.74 Å². The lowest BCUT2D eigenvalue weighted by Crippen LogP contribution is -2.51. The Morgan fingerprint density at radius 1 is 1.17 bits per heavy atom. The maximum absolute atomic E-state index is 12.8. The fourth-order valence-corrected chi connectivity index (χ4v) is 5.85. The van der Waals surface area contributed by atoms with Gasteiger partial charge in [0.15, 0.2) is 0 Å². The van der Waals surface area contributed by atoms with Gasteiger partial charge >= 0.3 is 0 Å². The summed E-state index contributed by atoms with van der Waals surface area (Å²) in [5.41, 5.74) is 0. The van der Waals surface area contributed by atoms with E-state index >= 15 is 0 Å². The highest BCUT2D eigenvalue weighted by Gasteiger charge is 2.33. The Bertz CT molecular complexity index is 644. The second-order valence-corrected chi connectivity index (χ2v) is 9.00. The highest BCUT2D eigenvalue weighted by atomic mass is 79.9. The van der Waals surface area contributed by atoms with Crippen LogP contribution in [0.15, 0.2) is 33.6 Å². The molecule has 128 valence electrons. The normalized spacial score (nSPS) is 25.6. The molecule has 5 nitrogen and oxygen atoms in total. The summed E-state index contributed by atoms with van der Waals surface area (Å²) in [5, 5.41) is 0. The Kier molecular flexibility index (Phi) is 5.42. The first-order valence-corrected chi connectivity index (χ1v) is 10.3. The van der Waals surface area contributed by atoms with E-state index in [-0.39, 0.29) is 6.10 Å². The molecule has 0 amide bonds. The SMILES string of the molecule is CC1CN(C2CCN(S(=O)(=O)c3ccccc3Br)CC2)CCO1. The van der Waals surface area contributed by atoms with E-state index in [1.165, 1.54) is 0 Å². The lowest BCUT2D eigenvalue weighted by molar-refractivity contribution is -0.0406. The standard InChI is InChI=1S/C16H23BrN2O3S/c1-13-12-18(10-11-22-13)14-6-8-19(9-7-14)23(20,21)16-5-3-2-4-15(16)17/h2-5,13-14H,6-12H2,1H3. The molecule has 1 atom stereocenters. The van der Waals surface area contributed by atoms with Gasteiger partial charge in [0, 0.05) is 36.7 Å². The maximum atomic E-state index is 12.8. The van der Waals surface area contributed by atoms with Crippen LogP contribution in [0.2, 0.25) is 0 Å². The highest BCUT2D eigenvalue weighted by molar-refractivity contribution is 9.10. The molecule has 0 saturated carbocycles. The summed E-state index contributed by atoms with van der Waals surface area (Å²) in [6, 6.07) is 7.49. The van der Waals surface area contributed by atoms with E-state index in [1.807, 2.05) is 6.07 Å². The number of hydrogen-bond donors (Lipinski definition) is 0. The molecular weight excluding hydrogens is 380 g/mol. The molecule has 0 aliphatic carbocycles. The molecule has 0 aromatic heterocycles. The fraction of sp³-hybridized carbons (Fsp3) is 0.625. The molecule has 2 saturated heterocycles. The summed E-state index contributed by atoms with van der Waals surface area (Å²) >= 11 is 3.35. The predicted octanol–water partition coefficient (Wildman–Crippen LogP) is 2.32. The molecular formula is C16H23BrN2O3S. The highest BCUT2D eigenvalue weighted by Crippen LogP contribution is 2.28. The molecule has 1 aromatic rings. The molecule has 2 aliphatic rings. The van der Waals surface area contributed by atoms with Gasteiger partial charge in [0.2, 0.25) is 10.0 Å². The quantitative estimate of drug-likeness (QED) is 0.778. The number of halogens is 1. The Hall–Kier alpha value is -0.470. The summed E-state index contributed by atoms with van der Waals surface area (Å²) < 4.78 is 33.5. The molecule has 2 aliphatic heterocycles. The van der Waals surface area contributed by atoms with Crippen LogP contribution in [0.3, 0.4) is 0 Å². The first-order valence-electron chi connectivity index (χ1n) is 8.09. The van der Waals surface area contributed by atoms with Gasteiger partial charge in [-0.15, -0.1) is 0 Å². The van der Waals surface area contributed by atoms with Gasteiger partial charge in [0.05, 0.1) is 17.6 Å². The van der Waals surface area contributed by atoms with E-state index in [0.29, 0.717) is 28.5 Å². The first kappa shape index (κ1) is 17.4. The van der Waals surface area contributed by atoms with Crippen LogP contribution in [-0.2, 0) is 14.8 Å². The number of piperidine rings is 1. The molecule has 1 aromatic carbocycles. The van der Waals surface area contributed by atoms with Crippen LogP contribution in [0.4, 0.5) is 0 Å². The van der Waals surface area contributed by atoms with Crippen LogP contribution in [0.5, 0.6) is 0 Å². The monoisotopic (exact) mass is 402 g/mol. The van der Waals surface area contributed by atoms with Gasteiger partial charge in [-0.2, -0.15) is 4.31 Å². The molecule has 0 bridgehead atoms. The van der Waals surface area contributed by atoms with Gasteiger partial charge in [0.25, 0.3) is 0 Å². The predicted molar refractivity (Wildman–Crippen MR) is 92.9 cm³/mol. The number of ether oxygens (including phenoxy) is 1. The number of morpholine rings is 1. The van der Waals surface area contributed by atoms with Crippen LogP contribution in [-0.4, -0.2) is 62.6 Å². The molecule has 0 N–H and O–H groups in total. The Balaban J connectivity index is 1.66. The minimum atomic E-state index is -3.41.